The molecule has 1 heterocycles. The molecule has 0 atom stereocenters. The van der Waals surface area contributed by atoms with E-state index in [1.165, 1.54) is 11.1 Å². The summed E-state index contributed by atoms with van der Waals surface area (Å²) in [6, 6.07) is 19.5. The number of carbonyl (C=O) groups excluding carboxylic acids is 1. The van der Waals surface area contributed by atoms with Gasteiger partial charge >= 0.3 is 0 Å². The Morgan fingerprint density at radius 1 is 0.919 bits per heavy atom. The van der Waals surface area contributed by atoms with Crippen LogP contribution in [0.1, 0.15) is 40.2 Å². The lowest BCUT2D eigenvalue weighted by molar-refractivity contribution is 0.0953. The molecule has 37 heavy (non-hydrogen) atoms. The van der Waals surface area contributed by atoms with Crippen molar-refractivity contribution >= 4 is 16.9 Å². The summed E-state index contributed by atoms with van der Waals surface area (Å²) >= 11 is 0. The first-order valence-electron chi connectivity index (χ1n) is 12.6. The van der Waals surface area contributed by atoms with Gasteiger partial charge in [-0.15, -0.1) is 0 Å². The predicted molar refractivity (Wildman–Crippen MR) is 146 cm³/mol. The van der Waals surface area contributed by atoms with E-state index in [1.54, 1.807) is 32.4 Å². The number of aromatic nitrogens is 2. The van der Waals surface area contributed by atoms with Gasteiger partial charge in [0, 0.05) is 25.1 Å². The van der Waals surface area contributed by atoms with Crippen molar-refractivity contribution in [1.82, 2.24) is 14.9 Å². The highest BCUT2D eigenvalue weighted by atomic mass is 16.5. The van der Waals surface area contributed by atoms with E-state index in [2.05, 4.69) is 41.9 Å². The van der Waals surface area contributed by atoms with Crippen LogP contribution in [0, 0.1) is 13.8 Å². The highest BCUT2D eigenvalue weighted by Crippen LogP contribution is 2.27. The van der Waals surface area contributed by atoms with Gasteiger partial charge in [-0.2, -0.15) is 0 Å². The first-order valence-corrected chi connectivity index (χ1v) is 12.6. The number of hydrogen-bond donors (Lipinski definition) is 1. The number of fused-ring (bicyclic) bond motifs is 1. The number of nitrogens with zero attached hydrogens (tertiary/aromatic N) is 2. The number of imidazole rings is 1. The Hall–Kier alpha value is -4.00. The fourth-order valence-corrected chi connectivity index (χ4v) is 4.30. The number of unbranched alkanes of at least 4 members (excludes halogenated alkanes) is 1. The molecule has 1 N–H and O–H groups in total. The lowest BCUT2D eigenvalue weighted by Gasteiger charge is -2.12. The second-order valence-corrected chi connectivity index (χ2v) is 9.05. The van der Waals surface area contributed by atoms with Gasteiger partial charge in [0.05, 0.1) is 31.9 Å². The minimum Gasteiger partial charge on any atom is -0.494 e. The summed E-state index contributed by atoms with van der Waals surface area (Å²) in [6.45, 7) is 6.20. The average molecular weight is 502 g/mol. The van der Waals surface area contributed by atoms with Crippen molar-refractivity contribution in [1.29, 1.82) is 0 Å². The van der Waals surface area contributed by atoms with E-state index in [1.807, 2.05) is 24.3 Å². The van der Waals surface area contributed by atoms with E-state index in [0.29, 0.717) is 36.6 Å². The first-order chi connectivity index (χ1) is 18.0. The van der Waals surface area contributed by atoms with E-state index in [0.717, 1.165) is 42.0 Å². The number of methoxy groups -OCH3 is 2. The number of rotatable bonds is 12. The molecule has 0 radical (unpaired) electrons. The second-order valence-electron chi connectivity index (χ2n) is 9.05. The average Bonchev–Trinajstić information content (AvgIpc) is 3.27. The number of benzene rings is 3. The van der Waals surface area contributed by atoms with Gasteiger partial charge in [-0.3, -0.25) is 4.79 Å². The van der Waals surface area contributed by atoms with Crippen LogP contribution in [0.4, 0.5) is 0 Å². The highest BCUT2D eigenvalue weighted by molar-refractivity contribution is 5.94. The summed E-state index contributed by atoms with van der Waals surface area (Å²) in [4.78, 5) is 17.6. The monoisotopic (exact) mass is 501 g/mol. The fraction of sp³-hybridized carbons (Fsp3) is 0.333. The van der Waals surface area contributed by atoms with Crippen LogP contribution in [-0.2, 0) is 13.0 Å². The van der Waals surface area contributed by atoms with Crippen molar-refractivity contribution in [2.75, 3.05) is 27.4 Å². The normalized spacial score (nSPS) is 10.9. The topological polar surface area (TPSA) is 74.6 Å². The van der Waals surface area contributed by atoms with Gasteiger partial charge in [0.2, 0.25) is 0 Å². The maximum absolute atomic E-state index is 12.7. The Bertz CT molecular complexity index is 1360. The number of carbonyl (C=O) groups is 1. The number of nitrogens with one attached hydrogen (secondary N) is 1. The summed E-state index contributed by atoms with van der Waals surface area (Å²) < 4.78 is 18.8. The summed E-state index contributed by atoms with van der Waals surface area (Å²) in [6.07, 6.45) is 2.54. The number of amides is 1. The van der Waals surface area contributed by atoms with Crippen LogP contribution in [0.5, 0.6) is 17.2 Å². The third-order valence-electron chi connectivity index (χ3n) is 6.54. The number of para-hydroxylation sites is 2. The van der Waals surface area contributed by atoms with Gasteiger partial charge in [0.1, 0.15) is 11.6 Å². The number of aryl methyl sites for hydroxylation is 3. The van der Waals surface area contributed by atoms with Crippen molar-refractivity contribution in [3.05, 3.63) is 83.2 Å². The molecule has 4 aromatic rings. The van der Waals surface area contributed by atoms with Crippen molar-refractivity contribution in [2.24, 2.45) is 0 Å². The smallest absolute Gasteiger partial charge is 0.251 e. The van der Waals surface area contributed by atoms with Crippen molar-refractivity contribution in [3.63, 3.8) is 0 Å². The van der Waals surface area contributed by atoms with Crippen LogP contribution < -0.4 is 19.5 Å². The molecule has 0 unspecified atom stereocenters. The summed E-state index contributed by atoms with van der Waals surface area (Å²) in [5.74, 6) is 2.84. The van der Waals surface area contributed by atoms with Crippen molar-refractivity contribution < 1.29 is 19.0 Å². The lowest BCUT2D eigenvalue weighted by Crippen LogP contribution is -2.26. The molecule has 0 aliphatic rings. The summed E-state index contributed by atoms with van der Waals surface area (Å²) in [7, 11) is 3.13. The molecule has 7 nitrogen and oxygen atoms in total. The zero-order valence-electron chi connectivity index (χ0n) is 22.0. The maximum atomic E-state index is 12.7. The highest BCUT2D eigenvalue weighted by Gasteiger charge is 2.13. The Morgan fingerprint density at radius 2 is 1.73 bits per heavy atom. The Kier molecular flexibility index (Phi) is 8.67. The number of ether oxygens (including phenoxy) is 3. The summed E-state index contributed by atoms with van der Waals surface area (Å²) in [5, 5.41) is 3.00. The van der Waals surface area contributed by atoms with Gasteiger partial charge < -0.3 is 24.1 Å². The molecular weight excluding hydrogens is 466 g/mol. The maximum Gasteiger partial charge on any atom is 0.251 e. The Balaban J connectivity index is 1.34. The number of hydrogen-bond acceptors (Lipinski definition) is 5. The molecule has 7 heteroatoms. The molecule has 0 saturated carbocycles. The molecule has 194 valence electrons. The van der Waals surface area contributed by atoms with Gasteiger partial charge in [-0.25, -0.2) is 4.98 Å². The zero-order chi connectivity index (χ0) is 26.2. The standard InChI is InChI=1S/C30H35N3O4/c1-21-11-13-24(19-22(21)2)37-18-8-7-17-33-26-10-6-5-9-25(26)32-29(33)15-16-31-30(34)23-12-14-27(35-3)28(20-23)36-4/h5-6,9-14,19-20H,7-8,15-18H2,1-4H3,(H,31,34). The molecule has 0 aliphatic heterocycles. The minimum absolute atomic E-state index is 0.160. The van der Waals surface area contributed by atoms with Crippen LogP contribution in [0.25, 0.3) is 11.0 Å². The van der Waals surface area contributed by atoms with Gasteiger partial charge in [-0.1, -0.05) is 18.2 Å². The molecule has 1 amide bonds. The summed E-state index contributed by atoms with van der Waals surface area (Å²) in [5.41, 5.74) is 5.11. The van der Waals surface area contributed by atoms with Crippen LogP contribution in [0.3, 0.4) is 0 Å². The molecule has 3 aromatic carbocycles. The second kappa shape index (κ2) is 12.3. The van der Waals surface area contributed by atoms with E-state index >= 15 is 0 Å². The van der Waals surface area contributed by atoms with E-state index in [-0.39, 0.29) is 5.91 Å². The molecule has 1 aromatic heterocycles. The molecule has 0 saturated heterocycles. The predicted octanol–water partition coefficient (Wildman–Crippen LogP) is 5.50. The first kappa shape index (κ1) is 26.1. The molecule has 0 aliphatic carbocycles. The quantitative estimate of drug-likeness (QED) is 0.259. The Morgan fingerprint density at radius 3 is 2.51 bits per heavy atom. The molecule has 0 fully saturated rings. The molecule has 0 bridgehead atoms. The molecule has 0 spiro atoms. The fourth-order valence-electron chi connectivity index (χ4n) is 4.30. The van der Waals surface area contributed by atoms with E-state index in [4.69, 9.17) is 19.2 Å². The van der Waals surface area contributed by atoms with Gasteiger partial charge in [-0.05, 0) is 80.3 Å². The Labute approximate surface area is 218 Å². The van der Waals surface area contributed by atoms with E-state index < -0.39 is 0 Å². The van der Waals surface area contributed by atoms with Crippen LogP contribution in [0.15, 0.2) is 60.7 Å². The molecular formula is C30H35N3O4. The van der Waals surface area contributed by atoms with Crippen LogP contribution in [0.2, 0.25) is 0 Å². The third-order valence-corrected chi connectivity index (χ3v) is 6.54. The largest absolute Gasteiger partial charge is 0.494 e. The minimum atomic E-state index is -0.160. The molecule has 4 rings (SSSR count). The van der Waals surface area contributed by atoms with Crippen molar-refractivity contribution in [2.45, 2.75) is 39.7 Å². The van der Waals surface area contributed by atoms with Gasteiger partial charge in [0.15, 0.2) is 11.5 Å². The van der Waals surface area contributed by atoms with Crippen LogP contribution in [-0.4, -0.2) is 42.8 Å². The lowest BCUT2D eigenvalue weighted by atomic mass is 10.1. The SMILES string of the molecule is COc1ccc(C(=O)NCCc2nc3ccccc3n2CCCCOc2ccc(C)c(C)c2)cc1OC. The van der Waals surface area contributed by atoms with Gasteiger partial charge in [0.25, 0.3) is 5.91 Å². The van der Waals surface area contributed by atoms with E-state index in [9.17, 15) is 4.79 Å². The third kappa shape index (κ3) is 6.42. The van der Waals surface area contributed by atoms with Crippen molar-refractivity contribution in [3.8, 4) is 17.2 Å². The van der Waals surface area contributed by atoms with Crippen LogP contribution >= 0.6 is 0 Å². The zero-order valence-corrected chi connectivity index (χ0v) is 22.0.